The van der Waals surface area contributed by atoms with E-state index in [1.807, 2.05) is 42.5 Å². The van der Waals surface area contributed by atoms with E-state index in [4.69, 9.17) is 0 Å². The molecule has 1 aliphatic rings. The maximum Gasteiger partial charge on any atom is 0.589 e. The van der Waals surface area contributed by atoms with Gasteiger partial charge in [-0.1, -0.05) is 57.2 Å². The normalized spacial score (nSPS) is 16.7. The van der Waals surface area contributed by atoms with Crippen molar-refractivity contribution in [2.24, 2.45) is 0 Å². The molecule has 0 unspecified atom stereocenters. The van der Waals surface area contributed by atoms with Gasteiger partial charge in [-0.2, -0.15) is 0 Å². The van der Waals surface area contributed by atoms with E-state index >= 15 is 0 Å². The van der Waals surface area contributed by atoms with Gasteiger partial charge in [-0.3, -0.25) is 0 Å². The number of hydrogen-bond donors (Lipinski definition) is 3. The summed E-state index contributed by atoms with van der Waals surface area (Å²) in [6, 6.07) is 16.2. The first-order valence-electron chi connectivity index (χ1n) is 8.14. The molecule has 0 saturated carbocycles. The maximum absolute atomic E-state index is 9.69. The van der Waals surface area contributed by atoms with Crippen LogP contribution in [0.5, 0.6) is 0 Å². The summed E-state index contributed by atoms with van der Waals surface area (Å²) in [7, 11) is -1.57. The summed E-state index contributed by atoms with van der Waals surface area (Å²) in [5, 5.41) is 22.8. The zero-order valence-electron chi connectivity index (χ0n) is 14.3. The first-order valence-corrected chi connectivity index (χ1v) is 8.14. The Balaban J connectivity index is 1.90. The van der Waals surface area contributed by atoms with Gasteiger partial charge in [0, 0.05) is 11.3 Å². The molecule has 2 aromatic carbocycles. The maximum atomic E-state index is 9.69. The number of rotatable bonds is 3. The van der Waals surface area contributed by atoms with Gasteiger partial charge in [0.05, 0.1) is 0 Å². The fraction of sp³-hybridized carbons (Fsp3) is 0.263. The van der Waals surface area contributed by atoms with Crippen LogP contribution in [0.1, 0.15) is 43.6 Å². The van der Waals surface area contributed by atoms with E-state index in [1.165, 1.54) is 10.4 Å². The molecular weight excluding hydrogens is 299 g/mol. The van der Waals surface area contributed by atoms with E-state index in [1.54, 1.807) is 6.20 Å². The van der Waals surface area contributed by atoms with E-state index < -0.39 is 7.25 Å². The zero-order chi connectivity index (χ0) is 17.3. The van der Waals surface area contributed by atoms with Crippen LogP contribution in [0.3, 0.4) is 0 Å². The van der Waals surface area contributed by atoms with Crippen molar-refractivity contribution in [2.75, 3.05) is 5.32 Å². The molecule has 1 aliphatic heterocycles. The Bertz CT molecular complexity index is 736. The van der Waals surface area contributed by atoms with Gasteiger partial charge in [0.25, 0.3) is 0 Å². The third-order valence-electron chi connectivity index (χ3n) is 4.34. The largest absolute Gasteiger partial charge is 0.589 e. The highest BCUT2D eigenvalue weighted by molar-refractivity contribution is 6.38. The molecule has 0 amide bonds. The summed E-state index contributed by atoms with van der Waals surface area (Å²) >= 11 is 0. The van der Waals surface area contributed by atoms with Crippen LogP contribution in [0.25, 0.3) is 6.08 Å². The molecule has 3 N–H and O–H groups in total. The summed E-state index contributed by atoms with van der Waals surface area (Å²) in [6.45, 7) is 6.55. The molecule has 0 bridgehead atoms. The van der Waals surface area contributed by atoms with Crippen LogP contribution in [0.15, 0.2) is 54.7 Å². The topological polar surface area (TPSA) is 55.7 Å². The van der Waals surface area contributed by atoms with Crippen LogP contribution in [-0.4, -0.2) is 22.1 Å². The Hall–Kier alpha value is -2.24. The summed E-state index contributed by atoms with van der Waals surface area (Å²) in [4.78, 5) is 1.49. The lowest BCUT2D eigenvalue weighted by molar-refractivity contribution is 0.285. The number of hydrogen-bond acceptors (Lipinski definition) is 4. The second-order valence-electron chi connectivity index (χ2n) is 7.11. The standard InChI is InChI=1S/C19H23BN2O2/c1-19(2,3)15-8-10-16(11-9-15)21-18-17-7-5-4-6-14(17)12-13-22(18)20(23)24/h4-13,18,21,23-24H,1-3H3/t18-/m1/s1. The molecule has 0 saturated heterocycles. The Kier molecular flexibility index (Phi) is 4.39. The van der Waals surface area contributed by atoms with Crippen molar-refractivity contribution in [2.45, 2.75) is 32.4 Å². The lowest BCUT2D eigenvalue weighted by Gasteiger charge is -2.35. The van der Waals surface area contributed by atoms with Crippen LogP contribution in [0, 0.1) is 0 Å². The smallest absolute Gasteiger partial charge is 0.408 e. The molecule has 1 heterocycles. The summed E-state index contributed by atoms with van der Waals surface area (Å²) in [6.07, 6.45) is 3.25. The lowest BCUT2D eigenvalue weighted by Crippen LogP contribution is -2.43. The van der Waals surface area contributed by atoms with Crippen molar-refractivity contribution in [3.63, 3.8) is 0 Å². The lowest BCUT2D eigenvalue weighted by atomic mass is 9.87. The van der Waals surface area contributed by atoms with Crippen LogP contribution in [0.4, 0.5) is 5.69 Å². The average Bonchev–Trinajstić information content (AvgIpc) is 2.54. The molecular formula is C19H23BN2O2. The summed E-state index contributed by atoms with van der Waals surface area (Å²) < 4.78 is 0. The highest BCUT2D eigenvalue weighted by atomic mass is 16.4. The third-order valence-corrected chi connectivity index (χ3v) is 4.34. The van der Waals surface area contributed by atoms with Crippen LogP contribution in [-0.2, 0) is 5.41 Å². The Labute approximate surface area is 143 Å². The highest BCUT2D eigenvalue weighted by Crippen LogP contribution is 2.32. The van der Waals surface area contributed by atoms with E-state index in [9.17, 15) is 10.0 Å². The van der Waals surface area contributed by atoms with Crippen LogP contribution < -0.4 is 5.32 Å². The molecule has 0 radical (unpaired) electrons. The zero-order valence-corrected chi connectivity index (χ0v) is 14.3. The minimum atomic E-state index is -1.57. The van der Waals surface area contributed by atoms with Crippen molar-refractivity contribution in [1.29, 1.82) is 0 Å². The van der Waals surface area contributed by atoms with Gasteiger partial charge in [-0.15, -0.1) is 0 Å². The van der Waals surface area contributed by atoms with Crippen molar-refractivity contribution in [3.05, 3.63) is 71.4 Å². The van der Waals surface area contributed by atoms with Gasteiger partial charge >= 0.3 is 7.25 Å². The molecule has 24 heavy (non-hydrogen) atoms. The summed E-state index contributed by atoms with van der Waals surface area (Å²) in [5.74, 6) is 0. The highest BCUT2D eigenvalue weighted by Gasteiger charge is 2.30. The average molecular weight is 322 g/mol. The third kappa shape index (κ3) is 3.32. The van der Waals surface area contributed by atoms with Crippen LogP contribution >= 0.6 is 0 Å². The Morgan fingerprint density at radius 2 is 1.67 bits per heavy atom. The molecule has 5 heteroatoms. The second-order valence-corrected chi connectivity index (χ2v) is 7.11. The number of anilines is 1. The molecule has 2 aromatic rings. The first-order chi connectivity index (χ1) is 11.4. The van der Waals surface area contributed by atoms with Crippen LogP contribution in [0.2, 0.25) is 0 Å². The molecule has 4 nitrogen and oxygen atoms in total. The minimum absolute atomic E-state index is 0.103. The van der Waals surface area contributed by atoms with Gasteiger partial charge in [0.1, 0.15) is 6.17 Å². The number of nitrogens with zero attached hydrogens (tertiary/aromatic N) is 1. The SMILES string of the molecule is CC(C)(C)c1ccc(N[C@H]2c3ccccc3C=CN2B(O)O)cc1. The number of benzene rings is 2. The van der Waals surface area contributed by atoms with E-state index in [0.29, 0.717) is 0 Å². The molecule has 1 atom stereocenters. The van der Waals surface area contributed by atoms with Crippen molar-refractivity contribution < 1.29 is 10.0 Å². The predicted molar refractivity (Wildman–Crippen MR) is 99.0 cm³/mol. The van der Waals surface area contributed by atoms with Gasteiger partial charge in [0.15, 0.2) is 0 Å². The van der Waals surface area contributed by atoms with E-state index in [2.05, 4.69) is 38.2 Å². The minimum Gasteiger partial charge on any atom is -0.408 e. The number of fused-ring (bicyclic) bond motifs is 1. The van der Waals surface area contributed by atoms with Crippen molar-refractivity contribution >= 4 is 19.0 Å². The first kappa shape index (κ1) is 16.6. The molecule has 3 rings (SSSR count). The van der Waals surface area contributed by atoms with Gasteiger partial charge in [-0.05, 0) is 41.0 Å². The molecule has 0 aliphatic carbocycles. The Morgan fingerprint density at radius 3 is 2.29 bits per heavy atom. The molecule has 0 spiro atoms. The predicted octanol–water partition coefficient (Wildman–Crippen LogP) is 3.35. The van der Waals surface area contributed by atoms with E-state index in [0.717, 1.165) is 16.8 Å². The summed E-state index contributed by atoms with van der Waals surface area (Å²) in [5.41, 5.74) is 4.37. The Morgan fingerprint density at radius 1 is 1.00 bits per heavy atom. The molecule has 0 fully saturated rings. The van der Waals surface area contributed by atoms with Crippen molar-refractivity contribution in [3.8, 4) is 0 Å². The van der Waals surface area contributed by atoms with Gasteiger partial charge in [-0.25, -0.2) is 0 Å². The second kappa shape index (κ2) is 6.34. The van der Waals surface area contributed by atoms with E-state index in [-0.39, 0.29) is 11.6 Å². The fourth-order valence-corrected chi connectivity index (χ4v) is 2.91. The number of nitrogens with one attached hydrogen (secondary N) is 1. The quantitative estimate of drug-likeness (QED) is 0.759. The van der Waals surface area contributed by atoms with Gasteiger partial charge < -0.3 is 20.2 Å². The molecule has 124 valence electrons. The van der Waals surface area contributed by atoms with Crippen molar-refractivity contribution in [1.82, 2.24) is 4.81 Å². The monoisotopic (exact) mass is 322 g/mol. The fourth-order valence-electron chi connectivity index (χ4n) is 2.91. The van der Waals surface area contributed by atoms with Gasteiger partial charge in [0.2, 0.25) is 0 Å². The molecule has 0 aromatic heterocycles.